The van der Waals surface area contributed by atoms with Crippen molar-refractivity contribution in [2.24, 2.45) is 0 Å². The molecule has 0 radical (unpaired) electrons. The highest BCUT2D eigenvalue weighted by Gasteiger charge is 2.19. The average Bonchev–Trinajstić information content (AvgIpc) is 3.27. The molecule has 2 aromatic heterocycles. The van der Waals surface area contributed by atoms with Gasteiger partial charge in [0.15, 0.2) is 0 Å². The van der Waals surface area contributed by atoms with Crippen LogP contribution in [0.15, 0.2) is 168 Å². The van der Waals surface area contributed by atoms with Crippen LogP contribution in [0.5, 0.6) is 0 Å². The largest absolute Gasteiger partial charge is 0.324 e. The lowest BCUT2D eigenvalue weighted by molar-refractivity contribution is 0.480. The van der Waals surface area contributed by atoms with E-state index in [4.69, 9.17) is 0 Å². The van der Waals surface area contributed by atoms with Crippen LogP contribution < -0.4 is 31.9 Å². The smallest absolute Gasteiger partial charge is 0.295 e. The van der Waals surface area contributed by atoms with Crippen LogP contribution in [-0.2, 0) is 20.2 Å². The molecule has 0 amide bonds. The van der Waals surface area contributed by atoms with Gasteiger partial charge in [-0.25, -0.2) is 0 Å². The first-order chi connectivity index (χ1) is 30.9. The zero-order valence-electron chi connectivity index (χ0n) is 33.2. The summed E-state index contributed by atoms with van der Waals surface area (Å²) in [6.45, 7) is 0. The number of nitrogens with zero attached hydrogens (tertiary/aromatic N) is 6. The van der Waals surface area contributed by atoms with Gasteiger partial charge in [-0.15, -0.1) is 0 Å². The van der Waals surface area contributed by atoms with Crippen LogP contribution in [0.2, 0.25) is 0 Å². The molecule has 18 nitrogen and oxygen atoms in total. The Morgan fingerprint density at radius 3 is 0.797 bits per heavy atom. The highest BCUT2D eigenvalue weighted by atomic mass is 32.2. The number of anilines is 12. The van der Waals surface area contributed by atoms with E-state index in [0.717, 1.165) is 0 Å². The van der Waals surface area contributed by atoms with E-state index in [1.54, 1.807) is 0 Å². The van der Waals surface area contributed by atoms with Crippen molar-refractivity contribution < 1.29 is 25.9 Å². The van der Waals surface area contributed by atoms with Crippen LogP contribution in [-0.4, -0.2) is 55.8 Å². The zero-order chi connectivity index (χ0) is 44.5. The van der Waals surface area contributed by atoms with Gasteiger partial charge in [-0.1, -0.05) is 97.1 Å². The maximum absolute atomic E-state index is 12.7. The van der Waals surface area contributed by atoms with Crippen LogP contribution in [0.25, 0.3) is 12.2 Å². The summed E-state index contributed by atoms with van der Waals surface area (Å²) in [6, 6.07) is 45.0. The maximum atomic E-state index is 12.7. The highest BCUT2D eigenvalue weighted by molar-refractivity contribution is 7.86. The van der Waals surface area contributed by atoms with Gasteiger partial charge in [0.25, 0.3) is 20.2 Å². The molecule has 0 unspecified atom stereocenters. The van der Waals surface area contributed by atoms with Crippen LogP contribution in [0, 0.1) is 0 Å². The number of nitrogens with one attached hydrogen (secondary N) is 6. The van der Waals surface area contributed by atoms with Gasteiger partial charge in [-0.2, -0.15) is 46.7 Å². The van der Waals surface area contributed by atoms with Gasteiger partial charge in [0.05, 0.1) is 0 Å². The first kappa shape index (κ1) is 42.4. The summed E-state index contributed by atoms with van der Waals surface area (Å²) in [7, 11) is -9.71. The summed E-state index contributed by atoms with van der Waals surface area (Å²) < 4.78 is 71.6. The Hall–Kier alpha value is -8.30. The van der Waals surface area contributed by atoms with Crippen molar-refractivity contribution in [1.82, 2.24) is 29.9 Å². The van der Waals surface area contributed by atoms with Crippen molar-refractivity contribution in [1.29, 1.82) is 0 Å². The first-order valence-corrected chi connectivity index (χ1v) is 22.0. The Morgan fingerprint density at radius 2 is 0.562 bits per heavy atom. The van der Waals surface area contributed by atoms with Gasteiger partial charge in [0.1, 0.15) is 9.79 Å². The molecule has 0 atom stereocenters. The normalized spacial score (nSPS) is 11.5. The molecule has 320 valence electrons. The molecule has 20 heteroatoms. The van der Waals surface area contributed by atoms with E-state index in [-0.39, 0.29) is 58.2 Å². The molecule has 0 fully saturated rings. The van der Waals surface area contributed by atoms with Crippen LogP contribution in [0.4, 0.5) is 69.8 Å². The molecule has 0 aliphatic carbocycles. The summed E-state index contributed by atoms with van der Waals surface area (Å²) in [5, 5.41) is 18.4. The second-order valence-electron chi connectivity index (χ2n) is 13.6. The van der Waals surface area contributed by atoms with Gasteiger partial charge in [-0.3, -0.25) is 9.11 Å². The summed E-state index contributed by atoms with van der Waals surface area (Å²) in [5.74, 6) is 0.775. The van der Waals surface area contributed by atoms with Gasteiger partial charge in [0, 0.05) is 34.1 Å². The predicted octanol–water partition coefficient (Wildman–Crippen LogP) is 9.18. The monoisotopic (exact) mass is 892 g/mol. The standard InChI is InChI=1S/C44H36N12O6S2/c57-63(58,59)37-27-35(49-43-53-39(45-31-13-5-1-6-14-31)51-40(54-43)46-32-15-7-2-8-16-32)25-23-29(37)21-22-30-24-26-36(28-38(30)64(60,61)62)50-44-55-41(47-33-17-9-3-10-18-33)52-42(56-44)48-34-19-11-4-12-20-34/h1-28H,(H,57,58,59)(H,60,61,62)(H3,45,46,49,51,53,54)(H3,47,48,50,52,55,56)/b22-21-. The van der Waals surface area contributed by atoms with E-state index >= 15 is 0 Å². The fourth-order valence-corrected chi connectivity index (χ4v) is 7.49. The Labute approximate surface area is 367 Å². The van der Waals surface area contributed by atoms with Crippen LogP contribution >= 0.6 is 0 Å². The molecule has 0 spiro atoms. The summed E-state index contributed by atoms with van der Waals surface area (Å²) in [4.78, 5) is 25.7. The molecule has 8 rings (SSSR count). The van der Waals surface area contributed by atoms with E-state index in [1.165, 1.54) is 48.6 Å². The molecule has 6 aromatic carbocycles. The summed E-state index contributed by atoms with van der Waals surface area (Å²) in [6.07, 6.45) is 2.57. The summed E-state index contributed by atoms with van der Waals surface area (Å²) >= 11 is 0. The molecule has 2 heterocycles. The molecule has 0 saturated carbocycles. The van der Waals surface area contributed by atoms with Crippen molar-refractivity contribution in [3.63, 3.8) is 0 Å². The molecule has 0 aliphatic rings. The third kappa shape index (κ3) is 11.3. The fourth-order valence-electron chi connectivity index (χ4n) is 6.07. The number of aromatic nitrogens is 6. The van der Waals surface area contributed by atoms with E-state index in [0.29, 0.717) is 22.7 Å². The topological polar surface area (TPSA) is 258 Å². The predicted molar refractivity (Wildman–Crippen MR) is 247 cm³/mol. The van der Waals surface area contributed by atoms with Gasteiger partial charge >= 0.3 is 0 Å². The Kier molecular flexibility index (Phi) is 12.4. The minimum atomic E-state index is -4.85. The Morgan fingerprint density at radius 1 is 0.328 bits per heavy atom. The molecule has 0 saturated heterocycles. The van der Waals surface area contributed by atoms with Crippen LogP contribution in [0.3, 0.4) is 0 Å². The molecule has 64 heavy (non-hydrogen) atoms. The third-order valence-electron chi connectivity index (χ3n) is 8.93. The van der Waals surface area contributed by atoms with Gasteiger partial charge in [-0.05, 0) is 83.9 Å². The van der Waals surface area contributed by atoms with Gasteiger partial charge < -0.3 is 31.9 Å². The van der Waals surface area contributed by atoms with Gasteiger partial charge in [0.2, 0.25) is 35.7 Å². The lowest BCUT2D eigenvalue weighted by atomic mass is 10.1. The second-order valence-corrected chi connectivity index (χ2v) is 16.4. The third-order valence-corrected chi connectivity index (χ3v) is 10.7. The van der Waals surface area contributed by atoms with Crippen molar-refractivity contribution in [2.75, 3.05) is 31.9 Å². The first-order valence-electron chi connectivity index (χ1n) is 19.2. The van der Waals surface area contributed by atoms with E-state index in [9.17, 15) is 25.9 Å². The van der Waals surface area contributed by atoms with Crippen molar-refractivity contribution >= 4 is 102 Å². The summed E-state index contributed by atoms with van der Waals surface area (Å²) in [5.41, 5.74) is 3.18. The number of benzene rings is 6. The number of hydrogen-bond acceptors (Lipinski definition) is 16. The molecular weight excluding hydrogens is 857 g/mol. The number of hydrogen-bond donors (Lipinski definition) is 8. The van der Waals surface area contributed by atoms with E-state index in [1.807, 2.05) is 121 Å². The molecular formula is C44H36N12O6S2. The molecule has 8 aromatic rings. The van der Waals surface area contributed by atoms with E-state index in [2.05, 4.69) is 61.8 Å². The second kappa shape index (κ2) is 18.8. The fraction of sp³-hybridized carbons (Fsp3) is 0. The lowest BCUT2D eigenvalue weighted by Gasteiger charge is -2.13. The van der Waals surface area contributed by atoms with Crippen LogP contribution in [0.1, 0.15) is 11.1 Å². The van der Waals surface area contributed by atoms with Crippen molar-refractivity contribution in [3.05, 3.63) is 169 Å². The van der Waals surface area contributed by atoms with E-state index < -0.39 is 30.0 Å². The van der Waals surface area contributed by atoms with Crippen molar-refractivity contribution in [3.8, 4) is 0 Å². The maximum Gasteiger partial charge on any atom is 0.295 e. The molecule has 8 N–H and O–H groups in total. The quantitative estimate of drug-likeness (QED) is 0.0332. The molecule has 0 bridgehead atoms. The lowest BCUT2D eigenvalue weighted by Crippen LogP contribution is -2.08. The SMILES string of the molecule is O=S(=O)(O)c1cc(Nc2nc(Nc3ccccc3)nc(Nc3ccccc3)n2)ccc1/C=C\c1ccc(Nc2nc(Nc3ccccc3)nc(Nc3ccccc3)n2)cc1S(=O)(=O)O. The highest BCUT2D eigenvalue weighted by Crippen LogP contribution is 2.29. The molecule has 0 aliphatic heterocycles. The number of rotatable bonds is 16. The Bertz CT molecular complexity index is 2840. The Balaban J connectivity index is 1.07. The average molecular weight is 893 g/mol. The minimum Gasteiger partial charge on any atom is -0.324 e. The zero-order valence-corrected chi connectivity index (χ0v) is 34.8. The van der Waals surface area contributed by atoms with Crippen molar-refractivity contribution in [2.45, 2.75) is 9.79 Å². The number of para-hydroxylation sites is 4. The minimum absolute atomic E-state index is 0.00729.